The van der Waals surface area contributed by atoms with Crippen LogP contribution in [0.15, 0.2) is 0 Å². The predicted octanol–water partition coefficient (Wildman–Crippen LogP) is 1.48. The summed E-state index contributed by atoms with van der Waals surface area (Å²) in [5.74, 6) is -1.02. The van der Waals surface area contributed by atoms with Crippen LogP contribution in [0.1, 0.15) is 58.8 Å². The van der Waals surface area contributed by atoms with E-state index in [9.17, 15) is 14.7 Å². The molecule has 2 saturated carbocycles. The highest BCUT2D eigenvalue weighted by Gasteiger charge is 2.35. The third kappa shape index (κ3) is 3.33. The van der Waals surface area contributed by atoms with Gasteiger partial charge in [-0.05, 0) is 31.1 Å². The molecule has 0 bridgehead atoms. The Hall–Kier alpha value is -1.06. The van der Waals surface area contributed by atoms with Gasteiger partial charge in [-0.25, -0.2) is 0 Å². The molecule has 2 fully saturated rings. The average molecular weight is 280 g/mol. The van der Waals surface area contributed by atoms with Crippen molar-refractivity contribution in [2.24, 2.45) is 23.7 Å². The van der Waals surface area contributed by atoms with Crippen molar-refractivity contribution in [2.45, 2.75) is 64.8 Å². The van der Waals surface area contributed by atoms with Crippen LogP contribution in [0.5, 0.6) is 0 Å². The molecule has 0 heterocycles. The van der Waals surface area contributed by atoms with Crippen LogP contribution in [-0.2, 0) is 9.59 Å². The van der Waals surface area contributed by atoms with Gasteiger partial charge in [0.1, 0.15) is 0 Å². The predicted molar refractivity (Wildman–Crippen MR) is 74.6 cm³/mol. The maximum Gasteiger partial charge on any atom is 0.223 e. The summed E-state index contributed by atoms with van der Waals surface area (Å²) in [6.07, 6.45) is 6.47. The maximum atomic E-state index is 12.4. The lowest BCUT2D eigenvalue weighted by Gasteiger charge is -2.37. The third-order valence-electron chi connectivity index (χ3n) is 5.44. The minimum atomic E-state index is -1.06. The van der Waals surface area contributed by atoms with Gasteiger partial charge in [0, 0.05) is 23.8 Å². The zero-order chi connectivity index (χ0) is 14.7. The van der Waals surface area contributed by atoms with Gasteiger partial charge in [0.25, 0.3) is 0 Å². The number of carbonyl (C=O) groups excluding carboxylic acids is 2. The van der Waals surface area contributed by atoms with E-state index < -0.39 is 17.8 Å². The molecule has 0 unspecified atom stereocenters. The van der Waals surface area contributed by atoms with E-state index in [1.807, 2.05) is 0 Å². The Balaban J connectivity index is 1.97. The second-order valence-corrected chi connectivity index (χ2v) is 6.70. The summed E-state index contributed by atoms with van der Waals surface area (Å²) in [6.45, 7) is 4.42. The highest BCUT2D eigenvalue weighted by Crippen LogP contribution is 2.32. The van der Waals surface area contributed by atoms with Crippen LogP contribution in [0, 0.1) is 23.7 Å². The van der Waals surface area contributed by atoms with Crippen molar-refractivity contribution in [3.8, 4) is 0 Å². The van der Waals surface area contributed by atoms with E-state index in [-0.39, 0.29) is 11.9 Å². The highest BCUT2D eigenvalue weighted by molar-refractivity contribution is 5.84. The molecule has 0 radical (unpaired) electrons. The smallest absolute Gasteiger partial charge is 0.223 e. The number of nitrogens with one attached hydrogen (secondary N) is 1. The zero-order valence-corrected chi connectivity index (χ0v) is 12.6. The molecule has 4 nitrogen and oxygen atoms in total. The fraction of sp³-hybridized carbons (Fsp3) is 0.875. The molecule has 0 saturated heterocycles. The summed E-state index contributed by atoms with van der Waals surface area (Å²) in [5.41, 5.74) is 0. The van der Waals surface area contributed by atoms with Crippen molar-refractivity contribution in [3.05, 3.63) is 0 Å². The number of hydrogen-bond donors (Lipinski definition) is 1. The molecule has 0 aromatic carbocycles. The molecule has 2 aliphatic carbocycles. The fourth-order valence-corrected chi connectivity index (χ4v) is 3.80. The lowest BCUT2D eigenvalue weighted by atomic mass is 9.76. The first-order chi connectivity index (χ1) is 9.50. The van der Waals surface area contributed by atoms with Gasteiger partial charge >= 0.3 is 0 Å². The minimum absolute atomic E-state index is 0.0650. The SMILES string of the molecule is C[C@H]1[C@@H](NC(=O)[C@@H]2CCCC[C@@H]2C(=O)[O-])CCC[C@@H]1C. The number of hydrogen-bond acceptors (Lipinski definition) is 3. The average Bonchev–Trinajstić information content (AvgIpc) is 2.43. The Bertz CT molecular complexity index is 369. The molecule has 114 valence electrons. The molecule has 4 heteroatoms. The molecule has 0 aliphatic heterocycles. The Morgan fingerprint density at radius 3 is 2.25 bits per heavy atom. The molecule has 0 spiro atoms. The van der Waals surface area contributed by atoms with E-state index in [4.69, 9.17) is 0 Å². The molecule has 20 heavy (non-hydrogen) atoms. The quantitative estimate of drug-likeness (QED) is 0.851. The lowest BCUT2D eigenvalue weighted by molar-refractivity contribution is -0.314. The summed E-state index contributed by atoms with van der Waals surface area (Å²) >= 11 is 0. The van der Waals surface area contributed by atoms with Gasteiger partial charge in [0.15, 0.2) is 0 Å². The largest absolute Gasteiger partial charge is 0.550 e. The number of carboxylic acids is 1. The molecular formula is C16H26NO3-. The number of aliphatic carboxylic acids is 1. The van der Waals surface area contributed by atoms with Crippen LogP contribution in [0.3, 0.4) is 0 Å². The summed E-state index contributed by atoms with van der Waals surface area (Å²) < 4.78 is 0. The van der Waals surface area contributed by atoms with Gasteiger partial charge < -0.3 is 15.2 Å². The second-order valence-electron chi connectivity index (χ2n) is 6.70. The highest BCUT2D eigenvalue weighted by atomic mass is 16.4. The fourth-order valence-electron chi connectivity index (χ4n) is 3.80. The van der Waals surface area contributed by atoms with Gasteiger partial charge in [0.05, 0.1) is 0 Å². The molecule has 5 atom stereocenters. The van der Waals surface area contributed by atoms with E-state index in [1.54, 1.807) is 0 Å². The van der Waals surface area contributed by atoms with Gasteiger partial charge in [-0.2, -0.15) is 0 Å². The van der Waals surface area contributed by atoms with Crippen LogP contribution in [0.25, 0.3) is 0 Å². The summed E-state index contributed by atoms with van der Waals surface area (Å²) in [7, 11) is 0. The van der Waals surface area contributed by atoms with Gasteiger partial charge in [-0.3, -0.25) is 4.79 Å². The first-order valence-electron chi connectivity index (χ1n) is 8.02. The monoisotopic (exact) mass is 280 g/mol. The third-order valence-corrected chi connectivity index (χ3v) is 5.44. The lowest BCUT2D eigenvalue weighted by Crippen LogP contribution is -2.50. The Labute approximate surface area is 121 Å². The first kappa shape index (κ1) is 15.3. The first-order valence-corrected chi connectivity index (χ1v) is 8.02. The van der Waals surface area contributed by atoms with Gasteiger partial charge in [-0.1, -0.05) is 39.5 Å². The number of carboxylic acid groups (broad SMARTS) is 1. The topological polar surface area (TPSA) is 69.2 Å². The van der Waals surface area contributed by atoms with Crippen molar-refractivity contribution in [1.82, 2.24) is 5.32 Å². The van der Waals surface area contributed by atoms with Crippen molar-refractivity contribution < 1.29 is 14.7 Å². The van der Waals surface area contributed by atoms with E-state index in [0.717, 1.165) is 25.7 Å². The second kappa shape index (κ2) is 6.59. The molecule has 0 aromatic heterocycles. The van der Waals surface area contributed by atoms with Crippen LogP contribution >= 0.6 is 0 Å². The Morgan fingerprint density at radius 2 is 1.60 bits per heavy atom. The van der Waals surface area contributed by atoms with Crippen LogP contribution < -0.4 is 10.4 Å². The van der Waals surface area contributed by atoms with Gasteiger partial charge in [0.2, 0.25) is 5.91 Å². The normalized spacial score (nSPS) is 38.2. The van der Waals surface area contributed by atoms with E-state index in [2.05, 4.69) is 19.2 Å². The standard InChI is InChI=1S/C16H27NO3/c1-10-6-5-9-14(11(10)2)17-15(18)12-7-3-4-8-13(12)16(19)20/h10-14H,3-9H2,1-2H3,(H,17,18)(H,19,20)/p-1/t10-,11+,12+,13-,14-/m0/s1. The Morgan fingerprint density at radius 1 is 0.950 bits per heavy atom. The molecule has 1 N–H and O–H groups in total. The summed E-state index contributed by atoms with van der Waals surface area (Å²) in [5, 5.41) is 14.3. The molecule has 2 rings (SSSR count). The van der Waals surface area contributed by atoms with E-state index >= 15 is 0 Å². The molecule has 2 aliphatic rings. The van der Waals surface area contributed by atoms with E-state index in [0.29, 0.717) is 24.7 Å². The van der Waals surface area contributed by atoms with Crippen LogP contribution in [-0.4, -0.2) is 17.9 Å². The number of carbonyl (C=O) groups is 2. The zero-order valence-electron chi connectivity index (χ0n) is 12.6. The van der Waals surface area contributed by atoms with Crippen molar-refractivity contribution in [2.75, 3.05) is 0 Å². The number of rotatable bonds is 3. The molecule has 1 amide bonds. The summed E-state index contributed by atoms with van der Waals surface area (Å²) in [6, 6.07) is 0.204. The minimum Gasteiger partial charge on any atom is -0.550 e. The van der Waals surface area contributed by atoms with Crippen molar-refractivity contribution in [3.63, 3.8) is 0 Å². The summed E-state index contributed by atoms with van der Waals surface area (Å²) in [4.78, 5) is 23.6. The van der Waals surface area contributed by atoms with Crippen LogP contribution in [0.2, 0.25) is 0 Å². The molecule has 0 aromatic rings. The number of amides is 1. The van der Waals surface area contributed by atoms with Crippen LogP contribution in [0.4, 0.5) is 0 Å². The maximum absolute atomic E-state index is 12.4. The van der Waals surface area contributed by atoms with Crippen molar-refractivity contribution in [1.29, 1.82) is 0 Å². The Kier molecular flexibility index (Phi) is 5.06. The van der Waals surface area contributed by atoms with Gasteiger partial charge in [-0.15, -0.1) is 0 Å². The molecular weight excluding hydrogens is 254 g/mol. The van der Waals surface area contributed by atoms with E-state index in [1.165, 1.54) is 6.42 Å². The van der Waals surface area contributed by atoms with Crippen molar-refractivity contribution >= 4 is 11.9 Å².